The molecule has 3 heteroatoms. The zero-order valence-corrected chi connectivity index (χ0v) is 15.3. The van der Waals surface area contributed by atoms with E-state index in [2.05, 4.69) is 66.3 Å². The molecule has 0 atom stereocenters. The van der Waals surface area contributed by atoms with Crippen LogP contribution in [0.4, 0.5) is 0 Å². The minimum absolute atomic E-state index is 0.179. The van der Waals surface area contributed by atoms with Gasteiger partial charge in [0.2, 0.25) is 0 Å². The van der Waals surface area contributed by atoms with E-state index in [-0.39, 0.29) is 5.41 Å². The van der Waals surface area contributed by atoms with Gasteiger partial charge in [0.25, 0.3) is 0 Å². The summed E-state index contributed by atoms with van der Waals surface area (Å²) < 4.78 is 2.43. The number of nitrogens with zero attached hydrogens (tertiary/aromatic N) is 2. The van der Waals surface area contributed by atoms with Crippen molar-refractivity contribution in [2.75, 3.05) is 6.54 Å². The molecule has 24 heavy (non-hydrogen) atoms. The zero-order chi connectivity index (χ0) is 16.6. The van der Waals surface area contributed by atoms with Crippen LogP contribution in [-0.2, 0) is 12.0 Å². The molecule has 1 aromatic heterocycles. The minimum Gasteiger partial charge on any atom is -0.320 e. The zero-order valence-electron chi connectivity index (χ0n) is 14.5. The van der Waals surface area contributed by atoms with Crippen LogP contribution in [0.3, 0.4) is 0 Å². The van der Waals surface area contributed by atoms with Gasteiger partial charge in [-0.3, -0.25) is 4.99 Å². The highest BCUT2D eigenvalue weighted by Gasteiger charge is 2.42. The monoisotopic (exact) mass is 336 g/mol. The van der Waals surface area contributed by atoms with Crippen LogP contribution in [0.15, 0.2) is 52.8 Å². The Labute approximate surface area is 147 Å². The number of benzene rings is 2. The van der Waals surface area contributed by atoms with Gasteiger partial charge in [0.15, 0.2) is 4.80 Å². The van der Waals surface area contributed by atoms with Gasteiger partial charge >= 0.3 is 0 Å². The second kappa shape index (κ2) is 6.21. The number of hydrogen-bond acceptors (Lipinski definition) is 2. The molecular weight excluding hydrogens is 312 g/mol. The van der Waals surface area contributed by atoms with Crippen LogP contribution in [0, 0.1) is 0 Å². The van der Waals surface area contributed by atoms with Crippen LogP contribution in [0.1, 0.15) is 44.4 Å². The first kappa shape index (κ1) is 15.6. The molecule has 1 fully saturated rings. The SMILES string of the molecule is CC/N=c1/scc(C2(c3ccc4ccccc4c3)CCC2)n1CC. The molecular formula is C21H24N2S. The Balaban J connectivity index is 1.88. The van der Waals surface area contributed by atoms with Crippen molar-refractivity contribution in [1.29, 1.82) is 0 Å². The third-order valence-corrected chi connectivity index (χ3v) is 6.31. The summed E-state index contributed by atoms with van der Waals surface area (Å²) >= 11 is 1.80. The normalized spacial score (nSPS) is 17.2. The van der Waals surface area contributed by atoms with Crippen molar-refractivity contribution in [1.82, 2.24) is 4.57 Å². The van der Waals surface area contributed by atoms with Crippen LogP contribution in [0.25, 0.3) is 10.8 Å². The van der Waals surface area contributed by atoms with E-state index in [0.29, 0.717) is 0 Å². The lowest BCUT2D eigenvalue weighted by Crippen LogP contribution is -2.39. The van der Waals surface area contributed by atoms with Crippen molar-refractivity contribution in [3.05, 3.63) is 63.9 Å². The van der Waals surface area contributed by atoms with Gasteiger partial charge < -0.3 is 4.57 Å². The second-order valence-corrected chi connectivity index (χ2v) is 7.46. The Kier molecular flexibility index (Phi) is 4.05. The summed E-state index contributed by atoms with van der Waals surface area (Å²) in [7, 11) is 0. The molecule has 2 nitrogen and oxygen atoms in total. The lowest BCUT2D eigenvalue weighted by Gasteiger charge is -2.43. The van der Waals surface area contributed by atoms with E-state index in [4.69, 9.17) is 4.99 Å². The molecule has 3 aromatic rings. The van der Waals surface area contributed by atoms with E-state index in [9.17, 15) is 0 Å². The molecule has 0 unspecified atom stereocenters. The molecule has 0 bridgehead atoms. The highest BCUT2D eigenvalue weighted by molar-refractivity contribution is 7.07. The number of hydrogen-bond donors (Lipinski definition) is 0. The van der Waals surface area contributed by atoms with Crippen molar-refractivity contribution in [3.8, 4) is 0 Å². The van der Waals surface area contributed by atoms with E-state index in [1.165, 1.54) is 46.1 Å². The Hall–Kier alpha value is -1.87. The average Bonchev–Trinajstić information content (AvgIpc) is 2.97. The highest BCUT2D eigenvalue weighted by Crippen LogP contribution is 2.49. The molecule has 2 aromatic carbocycles. The van der Waals surface area contributed by atoms with Gasteiger partial charge in [0, 0.05) is 29.6 Å². The summed E-state index contributed by atoms with van der Waals surface area (Å²) in [6, 6.07) is 15.7. The van der Waals surface area contributed by atoms with Crippen LogP contribution in [0.2, 0.25) is 0 Å². The number of fused-ring (bicyclic) bond motifs is 1. The standard InChI is InChI=1S/C21H24N2S/c1-3-22-20-23(4-2)19(15-24-20)21(12-7-13-21)18-11-10-16-8-5-6-9-17(16)14-18/h5-6,8-11,14-15H,3-4,7,12-13H2,1-2H3/b22-20+. The van der Waals surface area contributed by atoms with Crippen molar-refractivity contribution in [2.24, 2.45) is 4.99 Å². The molecule has 1 aliphatic rings. The second-order valence-electron chi connectivity index (χ2n) is 6.62. The lowest BCUT2D eigenvalue weighted by molar-refractivity contribution is 0.283. The molecule has 1 aliphatic carbocycles. The number of rotatable bonds is 4. The van der Waals surface area contributed by atoms with E-state index in [0.717, 1.165) is 13.1 Å². The fourth-order valence-corrected chi connectivity index (χ4v) is 5.11. The first-order chi connectivity index (χ1) is 11.8. The van der Waals surface area contributed by atoms with Gasteiger partial charge in [0.1, 0.15) is 0 Å². The van der Waals surface area contributed by atoms with Crippen molar-refractivity contribution < 1.29 is 0 Å². The van der Waals surface area contributed by atoms with E-state index >= 15 is 0 Å². The topological polar surface area (TPSA) is 17.3 Å². The van der Waals surface area contributed by atoms with Crippen molar-refractivity contribution in [2.45, 2.75) is 45.1 Å². The largest absolute Gasteiger partial charge is 0.320 e. The first-order valence-corrected chi connectivity index (χ1v) is 9.85. The fourth-order valence-electron chi connectivity index (χ4n) is 3.98. The lowest BCUT2D eigenvalue weighted by atomic mass is 9.62. The summed E-state index contributed by atoms with van der Waals surface area (Å²) in [6.45, 7) is 6.19. The quantitative estimate of drug-likeness (QED) is 0.630. The van der Waals surface area contributed by atoms with Crippen molar-refractivity contribution >= 4 is 22.1 Å². The maximum atomic E-state index is 4.70. The van der Waals surface area contributed by atoms with Gasteiger partial charge in [0.05, 0.1) is 0 Å². The van der Waals surface area contributed by atoms with Crippen LogP contribution in [0.5, 0.6) is 0 Å². The molecule has 0 spiro atoms. The van der Waals surface area contributed by atoms with E-state index < -0.39 is 0 Å². The van der Waals surface area contributed by atoms with Gasteiger partial charge in [-0.15, -0.1) is 11.3 Å². The highest BCUT2D eigenvalue weighted by atomic mass is 32.1. The molecule has 0 aliphatic heterocycles. The van der Waals surface area contributed by atoms with Gasteiger partial charge in [-0.05, 0) is 43.0 Å². The van der Waals surface area contributed by atoms with E-state index in [1.807, 2.05) is 0 Å². The van der Waals surface area contributed by atoms with Crippen LogP contribution >= 0.6 is 11.3 Å². The summed E-state index contributed by atoms with van der Waals surface area (Å²) in [6.07, 6.45) is 3.80. The van der Waals surface area contributed by atoms with Crippen molar-refractivity contribution in [3.63, 3.8) is 0 Å². The maximum Gasteiger partial charge on any atom is 0.184 e. The Bertz CT molecular complexity index is 928. The summed E-state index contributed by atoms with van der Waals surface area (Å²) in [5, 5.41) is 5.02. The number of thiazole rings is 1. The van der Waals surface area contributed by atoms with E-state index in [1.54, 1.807) is 11.3 Å². The molecule has 124 valence electrons. The third kappa shape index (κ3) is 2.34. The molecule has 0 N–H and O–H groups in total. The Morgan fingerprint density at radius 2 is 1.88 bits per heavy atom. The third-order valence-electron chi connectivity index (χ3n) is 5.41. The fraction of sp³-hybridized carbons (Fsp3) is 0.381. The molecule has 0 amide bonds. The maximum absolute atomic E-state index is 4.70. The first-order valence-electron chi connectivity index (χ1n) is 8.97. The molecule has 1 saturated carbocycles. The number of aromatic nitrogens is 1. The van der Waals surface area contributed by atoms with Crippen LogP contribution < -0.4 is 4.80 Å². The Morgan fingerprint density at radius 3 is 2.54 bits per heavy atom. The smallest absolute Gasteiger partial charge is 0.184 e. The molecule has 0 saturated heterocycles. The summed E-state index contributed by atoms with van der Waals surface area (Å²) in [5.74, 6) is 0. The minimum atomic E-state index is 0.179. The summed E-state index contributed by atoms with van der Waals surface area (Å²) in [5.41, 5.74) is 3.11. The summed E-state index contributed by atoms with van der Waals surface area (Å²) in [4.78, 5) is 5.86. The molecule has 4 rings (SSSR count). The molecule has 1 heterocycles. The van der Waals surface area contributed by atoms with Gasteiger partial charge in [-0.2, -0.15) is 0 Å². The van der Waals surface area contributed by atoms with Gasteiger partial charge in [-0.25, -0.2) is 0 Å². The molecule has 0 radical (unpaired) electrons. The predicted octanol–water partition coefficient (Wildman–Crippen LogP) is 5.11. The van der Waals surface area contributed by atoms with Crippen LogP contribution in [-0.4, -0.2) is 11.1 Å². The van der Waals surface area contributed by atoms with Gasteiger partial charge in [-0.1, -0.05) is 48.9 Å². The Morgan fingerprint density at radius 1 is 1.08 bits per heavy atom. The predicted molar refractivity (Wildman–Crippen MR) is 103 cm³/mol. The average molecular weight is 337 g/mol.